The Morgan fingerprint density at radius 2 is 1.83 bits per heavy atom. The molecule has 0 saturated carbocycles. The van der Waals surface area contributed by atoms with Gasteiger partial charge in [-0.05, 0) is 18.8 Å². The van der Waals surface area contributed by atoms with E-state index in [2.05, 4.69) is 23.3 Å². The maximum atomic E-state index is 12.9. The van der Waals surface area contributed by atoms with E-state index in [9.17, 15) is 29.1 Å². The van der Waals surface area contributed by atoms with Crippen molar-refractivity contribution in [3.8, 4) is 0 Å². The number of nitrogens with zero attached hydrogens (tertiary/aromatic N) is 1. The number of primary amides is 1. The first-order valence-corrected chi connectivity index (χ1v) is 9.91. The monoisotopic (exact) mass is 431 g/mol. The number of nitrogens with one attached hydrogen (secondary N) is 2. The average Bonchev–Trinajstić information content (AvgIpc) is 3.12. The molecular weight excluding hydrogens is 402 g/mol. The first-order valence-electron chi connectivity index (χ1n) is 9.28. The first-order chi connectivity index (χ1) is 13.5. The molecule has 0 aromatic carbocycles. The molecule has 7 N–H and O–H groups in total. The molecule has 1 saturated heterocycles. The van der Waals surface area contributed by atoms with Crippen molar-refractivity contribution in [3.05, 3.63) is 0 Å². The first kappa shape index (κ1) is 24.7. The second kappa shape index (κ2) is 11.0. The molecule has 29 heavy (non-hydrogen) atoms. The van der Waals surface area contributed by atoms with E-state index in [0.29, 0.717) is 12.8 Å². The number of amides is 4. The molecule has 1 fully saturated rings. The summed E-state index contributed by atoms with van der Waals surface area (Å²) in [5, 5.41) is 14.1. The Labute approximate surface area is 174 Å². The molecule has 1 rings (SSSR count). The van der Waals surface area contributed by atoms with Crippen LogP contribution in [0.1, 0.15) is 33.1 Å². The number of likely N-dealkylation sites (tertiary alicyclic amines) is 1. The van der Waals surface area contributed by atoms with E-state index >= 15 is 0 Å². The van der Waals surface area contributed by atoms with Crippen molar-refractivity contribution in [2.45, 2.75) is 57.3 Å². The molecule has 0 aliphatic carbocycles. The Morgan fingerprint density at radius 3 is 2.31 bits per heavy atom. The lowest BCUT2D eigenvalue weighted by Gasteiger charge is -2.30. The topological polar surface area (TPSA) is 185 Å². The van der Waals surface area contributed by atoms with Crippen molar-refractivity contribution in [1.29, 1.82) is 0 Å². The lowest BCUT2D eigenvalue weighted by Crippen LogP contribution is -2.58. The third kappa shape index (κ3) is 6.89. The molecule has 1 aliphatic heterocycles. The Balaban J connectivity index is 2.96. The fourth-order valence-corrected chi connectivity index (χ4v) is 3.20. The van der Waals surface area contributed by atoms with Crippen LogP contribution in [0.5, 0.6) is 0 Å². The van der Waals surface area contributed by atoms with Gasteiger partial charge in [-0.1, -0.05) is 13.8 Å². The van der Waals surface area contributed by atoms with Gasteiger partial charge in [-0.2, -0.15) is 12.6 Å². The molecule has 4 atom stereocenters. The lowest BCUT2D eigenvalue weighted by atomic mass is 10.0. The maximum absolute atomic E-state index is 12.9. The van der Waals surface area contributed by atoms with Crippen molar-refractivity contribution in [1.82, 2.24) is 15.5 Å². The highest BCUT2D eigenvalue weighted by atomic mass is 32.1. The van der Waals surface area contributed by atoms with Gasteiger partial charge in [-0.25, -0.2) is 4.79 Å². The minimum Gasteiger partial charge on any atom is -0.480 e. The predicted octanol–water partition coefficient (Wildman–Crippen LogP) is -2.18. The Kier molecular flexibility index (Phi) is 9.37. The predicted molar refractivity (Wildman–Crippen MR) is 107 cm³/mol. The number of carbonyl (C=O) groups is 5. The fourth-order valence-electron chi connectivity index (χ4n) is 3.03. The summed E-state index contributed by atoms with van der Waals surface area (Å²) in [6.07, 6.45) is 0.379. The zero-order valence-electron chi connectivity index (χ0n) is 16.5. The molecule has 164 valence electrons. The van der Waals surface area contributed by atoms with E-state index < -0.39 is 60.2 Å². The standard InChI is InChI=1S/C17H29N5O6S/c1-8(2)13(17(27)28)21-15(25)11-4-3-5-22(11)16(26)10(6-12(19)23)20-14(24)9(18)7-29/h8-11,13,29H,3-7,18H2,1-2H3,(H2,19,23)(H,20,24)(H,21,25)(H,27,28). The molecule has 0 spiro atoms. The second-order valence-electron chi connectivity index (χ2n) is 7.28. The minimum atomic E-state index is -1.28. The van der Waals surface area contributed by atoms with Gasteiger partial charge >= 0.3 is 5.97 Å². The third-order valence-electron chi connectivity index (χ3n) is 4.62. The Morgan fingerprint density at radius 1 is 1.21 bits per heavy atom. The van der Waals surface area contributed by atoms with Gasteiger partial charge in [-0.3, -0.25) is 19.2 Å². The van der Waals surface area contributed by atoms with Crippen LogP contribution in [0.15, 0.2) is 0 Å². The van der Waals surface area contributed by atoms with E-state index in [1.165, 1.54) is 4.90 Å². The average molecular weight is 432 g/mol. The molecule has 4 amide bonds. The highest BCUT2D eigenvalue weighted by Gasteiger charge is 2.39. The zero-order chi connectivity index (χ0) is 22.3. The molecule has 12 heteroatoms. The van der Waals surface area contributed by atoms with Gasteiger partial charge in [0.05, 0.1) is 12.5 Å². The number of hydrogen-bond donors (Lipinski definition) is 6. The van der Waals surface area contributed by atoms with E-state index in [0.717, 1.165) is 0 Å². The normalized spacial score (nSPS) is 19.3. The molecule has 0 bridgehead atoms. The summed E-state index contributed by atoms with van der Waals surface area (Å²) in [5.74, 6) is -4.25. The van der Waals surface area contributed by atoms with Crippen molar-refractivity contribution in [2.75, 3.05) is 12.3 Å². The molecular formula is C17H29N5O6S. The number of carboxylic acids is 1. The van der Waals surface area contributed by atoms with Gasteiger partial charge in [0, 0.05) is 12.3 Å². The number of nitrogens with two attached hydrogens (primary N) is 2. The van der Waals surface area contributed by atoms with Crippen LogP contribution < -0.4 is 22.1 Å². The van der Waals surface area contributed by atoms with Crippen molar-refractivity contribution < 1.29 is 29.1 Å². The van der Waals surface area contributed by atoms with Gasteiger partial charge < -0.3 is 32.1 Å². The van der Waals surface area contributed by atoms with Crippen molar-refractivity contribution >= 4 is 42.2 Å². The van der Waals surface area contributed by atoms with Gasteiger partial charge in [0.25, 0.3) is 0 Å². The summed E-state index contributed by atoms with van der Waals surface area (Å²) in [7, 11) is 0. The second-order valence-corrected chi connectivity index (χ2v) is 7.64. The highest BCUT2D eigenvalue weighted by molar-refractivity contribution is 7.80. The molecule has 0 aromatic heterocycles. The largest absolute Gasteiger partial charge is 0.480 e. The molecule has 1 aliphatic rings. The van der Waals surface area contributed by atoms with Crippen LogP contribution in [0.25, 0.3) is 0 Å². The van der Waals surface area contributed by atoms with Crippen LogP contribution in [-0.2, 0) is 24.0 Å². The van der Waals surface area contributed by atoms with Crippen LogP contribution >= 0.6 is 12.6 Å². The quantitative estimate of drug-likeness (QED) is 0.212. The van der Waals surface area contributed by atoms with E-state index in [1.807, 2.05) is 0 Å². The number of rotatable bonds is 10. The van der Waals surface area contributed by atoms with Gasteiger partial charge in [-0.15, -0.1) is 0 Å². The van der Waals surface area contributed by atoms with Crippen LogP contribution in [-0.4, -0.2) is 76.1 Å². The smallest absolute Gasteiger partial charge is 0.326 e. The SMILES string of the molecule is CC(C)C(NC(=O)C1CCCN1C(=O)C(CC(N)=O)NC(=O)C(N)CS)C(=O)O. The third-order valence-corrected chi connectivity index (χ3v) is 5.02. The van der Waals surface area contributed by atoms with Crippen molar-refractivity contribution in [3.63, 3.8) is 0 Å². The summed E-state index contributed by atoms with van der Waals surface area (Å²) in [6.45, 7) is 3.53. The van der Waals surface area contributed by atoms with E-state index in [-0.39, 0.29) is 18.2 Å². The van der Waals surface area contributed by atoms with Gasteiger partial charge in [0.2, 0.25) is 23.6 Å². The summed E-state index contributed by atoms with van der Waals surface area (Å²) >= 11 is 3.92. The van der Waals surface area contributed by atoms with Gasteiger partial charge in [0.15, 0.2) is 0 Å². The number of aliphatic carboxylic acids is 1. The van der Waals surface area contributed by atoms with Crippen LogP contribution in [0, 0.1) is 5.92 Å². The van der Waals surface area contributed by atoms with Crippen LogP contribution in [0.2, 0.25) is 0 Å². The summed E-state index contributed by atoms with van der Waals surface area (Å²) < 4.78 is 0. The number of hydrogen-bond acceptors (Lipinski definition) is 7. The molecule has 1 heterocycles. The lowest BCUT2D eigenvalue weighted by molar-refractivity contribution is -0.146. The summed E-state index contributed by atoms with van der Waals surface area (Å²) in [4.78, 5) is 61.5. The Bertz CT molecular complexity index is 658. The number of carboxylic acid groups (broad SMARTS) is 1. The molecule has 11 nitrogen and oxygen atoms in total. The Hall–Kier alpha value is -2.34. The highest BCUT2D eigenvalue weighted by Crippen LogP contribution is 2.20. The van der Waals surface area contributed by atoms with Crippen LogP contribution in [0.4, 0.5) is 0 Å². The van der Waals surface area contributed by atoms with Crippen LogP contribution in [0.3, 0.4) is 0 Å². The molecule has 4 unspecified atom stereocenters. The molecule has 0 aromatic rings. The van der Waals surface area contributed by atoms with Crippen molar-refractivity contribution in [2.24, 2.45) is 17.4 Å². The number of thiol groups is 1. The minimum absolute atomic E-state index is 0.0316. The zero-order valence-corrected chi connectivity index (χ0v) is 17.4. The van der Waals surface area contributed by atoms with Gasteiger partial charge in [0.1, 0.15) is 18.1 Å². The molecule has 0 radical (unpaired) electrons. The summed E-state index contributed by atoms with van der Waals surface area (Å²) in [6, 6.07) is -4.27. The maximum Gasteiger partial charge on any atom is 0.326 e. The van der Waals surface area contributed by atoms with E-state index in [1.54, 1.807) is 13.8 Å². The van der Waals surface area contributed by atoms with E-state index in [4.69, 9.17) is 11.5 Å². The number of carbonyl (C=O) groups excluding carboxylic acids is 4. The summed E-state index contributed by atoms with van der Waals surface area (Å²) in [5.41, 5.74) is 10.8. The fraction of sp³-hybridized carbons (Fsp3) is 0.706.